The maximum Gasteiger partial charge on any atom is 2.00 e. The SMILES string of the molecule is [Ru+2].c1ccc2nc3ccccc3nc2c1. The standard InChI is InChI=1S/C12H8N2.Ru/c1-2-6-10-9(5-1)13-11-7-3-4-8-12(11)14-10;/h1-8H;/q;+2. The van der Waals surface area contributed by atoms with Gasteiger partial charge in [0.1, 0.15) is 0 Å². The molecule has 0 N–H and O–H groups in total. The Bertz CT molecular complexity index is 502. The molecule has 1 heterocycles. The summed E-state index contributed by atoms with van der Waals surface area (Å²) < 4.78 is 0. The molecule has 0 atom stereocenters. The second-order valence-electron chi connectivity index (χ2n) is 3.20. The van der Waals surface area contributed by atoms with Gasteiger partial charge in [-0.2, -0.15) is 0 Å². The molecule has 0 bridgehead atoms. The van der Waals surface area contributed by atoms with E-state index in [-0.39, 0.29) is 19.5 Å². The molecular weight excluding hydrogens is 273 g/mol. The van der Waals surface area contributed by atoms with Crippen molar-refractivity contribution in [2.45, 2.75) is 0 Å². The summed E-state index contributed by atoms with van der Waals surface area (Å²) in [6.07, 6.45) is 0. The molecule has 2 aromatic carbocycles. The summed E-state index contributed by atoms with van der Waals surface area (Å²) in [5, 5.41) is 0. The molecule has 0 saturated carbocycles. The predicted molar refractivity (Wildman–Crippen MR) is 57.0 cm³/mol. The fourth-order valence-electron chi connectivity index (χ4n) is 1.57. The van der Waals surface area contributed by atoms with Gasteiger partial charge < -0.3 is 0 Å². The van der Waals surface area contributed by atoms with Gasteiger partial charge in [0.2, 0.25) is 0 Å². The first-order valence-electron chi connectivity index (χ1n) is 4.55. The van der Waals surface area contributed by atoms with Crippen LogP contribution in [0, 0.1) is 0 Å². The maximum absolute atomic E-state index is 4.52. The molecule has 0 aliphatic rings. The van der Waals surface area contributed by atoms with Gasteiger partial charge in [-0.25, -0.2) is 9.97 Å². The molecule has 0 unspecified atom stereocenters. The zero-order valence-electron chi connectivity index (χ0n) is 7.87. The van der Waals surface area contributed by atoms with Gasteiger partial charge in [-0.1, -0.05) is 24.3 Å². The van der Waals surface area contributed by atoms with E-state index >= 15 is 0 Å². The van der Waals surface area contributed by atoms with Crippen LogP contribution >= 0.6 is 0 Å². The second kappa shape index (κ2) is 4.03. The first kappa shape index (κ1) is 10.2. The second-order valence-corrected chi connectivity index (χ2v) is 3.20. The Hall–Kier alpha value is -1.34. The minimum atomic E-state index is 0. The average Bonchev–Trinajstić information content (AvgIpc) is 2.26. The number of nitrogens with zero attached hydrogens (tertiary/aromatic N) is 2. The molecule has 3 rings (SSSR count). The topological polar surface area (TPSA) is 25.8 Å². The third-order valence-electron chi connectivity index (χ3n) is 2.25. The number of benzene rings is 2. The van der Waals surface area contributed by atoms with Crippen LogP contribution < -0.4 is 0 Å². The van der Waals surface area contributed by atoms with E-state index in [2.05, 4.69) is 9.97 Å². The van der Waals surface area contributed by atoms with Crippen molar-refractivity contribution < 1.29 is 19.5 Å². The average molecular weight is 281 g/mol. The van der Waals surface area contributed by atoms with E-state index in [4.69, 9.17) is 0 Å². The van der Waals surface area contributed by atoms with Crippen molar-refractivity contribution in [3.63, 3.8) is 0 Å². The van der Waals surface area contributed by atoms with E-state index in [0.29, 0.717) is 0 Å². The maximum atomic E-state index is 4.52. The zero-order valence-corrected chi connectivity index (χ0v) is 9.60. The van der Waals surface area contributed by atoms with Gasteiger partial charge in [0.15, 0.2) is 0 Å². The summed E-state index contributed by atoms with van der Waals surface area (Å²) in [6.45, 7) is 0. The predicted octanol–water partition coefficient (Wildman–Crippen LogP) is 2.78. The molecule has 15 heavy (non-hydrogen) atoms. The zero-order chi connectivity index (χ0) is 9.38. The number of hydrogen-bond donors (Lipinski definition) is 0. The monoisotopic (exact) mass is 282 g/mol. The number of para-hydroxylation sites is 4. The number of aromatic nitrogens is 2. The van der Waals surface area contributed by atoms with Crippen LogP contribution in [0.15, 0.2) is 48.5 Å². The summed E-state index contributed by atoms with van der Waals surface area (Å²) in [4.78, 5) is 9.03. The van der Waals surface area contributed by atoms with E-state index < -0.39 is 0 Å². The van der Waals surface area contributed by atoms with Crippen LogP contribution in [0.5, 0.6) is 0 Å². The first-order valence-corrected chi connectivity index (χ1v) is 4.55. The van der Waals surface area contributed by atoms with Gasteiger partial charge in [-0.15, -0.1) is 0 Å². The molecule has 72 valence electrons. The molecule has 0 aliphatic carbocycles. The van der Waals surface area contributed by atoms with Gasteiger partial charge in [-0.05, 0) is 24.3 Å². The van der Waals surface area contributed by atoms with Crippen molar-refractivity contribution in [1.82, 2.24) is 9.97 Å². The van der Waals surface area contributed by atoms with Gasteiger partial charge in [0.25, 0.3) is 0 Å². The van der Waals surface area contributed by atoms with Crippen LogP contribution in [0.4, 0.5) is 0 Å². The molecule has 2 nitrogen and oxygen atoms in total. The summed E-state index contributed by atoms with van der Waals surface area (Å²) in [5.74, 6) is 0. The van der Waals surface area contributed by atoms with Crippen LogP contribution in [0.2, 0.25) is 0 Å². The van der Waals surface area contributed by atoms with E-state index in [1.807, 2.05) is 48.5 Å². The third-order valence-corrected chi connectivity index (χ3v) is 2.25. The van der Waals surface area contributed by atoms with E-state index in [1.54, 1.807) is 0 Å². The van der Waals surface area contributed by atoms with Crippen molar-refractivity contribution in [3.8, 4) is 0 Å². The van der Waals surface area contributed by atoms with Crippen LogP contribution in [0.25, 0.3) is 22.1 Å². The summed E-state index contributed by atoms with van der Waals surface area (Å²) >= 11 is 0. The Morgan fingerprint density at radius 2 is 0.800 bits per heavy atom. The molecule has 0 fully saturated rings. The quantitative estimate of drug-likeness (QED) is 0.468. The van der Waals surface area contributed by atoms with Gasteiger partial charge in [-0.3, -0.25) is 0 Å². The molecule has 0 spiro atoms. The molecule has 0 radical (unpaired) electrons. The van der Waals surface area contributed by atoms with Crippen LogP contribution in [-0.2, 0) is 19.5 Å². The number of rotatable bonds is 0. The molecule has 0 aliphatic heterocycles. The fraction of sp³-hybridized carbons (Fsp3) is 0. The van der Waals surface area contributed by atoms with Crippen LogP contribution in [-0.4, -0.2) is 9.97 Å². The van der Waals surface area contributed by atoms with Gasteiger partial charge in [0.05, 0.1) is 22.1 Å². The van der Waals surface area contributed by atoms with Crippen molar-refractivity contribution in [2.24, 2.45) is 0 Å². The Labute approximate surface area is 100 Å². The molecule has 0 amide bonds. The Morgan fingerprint density at radius 1 is 0.533 bits per heavy atom. The largest absolute Gasteiger partial charge is 2.00 e. The molecule has 0 saturated heterocycles. The minimum Gasteiger partial charge on any atom is -0.245 e. The van der Waals surface area contributed by atoms with Crippen LogP contribution in [0.1, 0.15) is 0 Å². The van der Waals surface area contributed by atoms with E-state index in [1.165, 1.54) is 0 Å². The van der Waals surface area contributed by atoms with E-state index in [9.17, 15) is 0 Å². The molecule has 3 aromatic rings. The summed E-state index contributed by atoms with van der Waals surface area (Å²) in [6, 6.07) is 15.8. The van der Waals surface area contributed by atoms with Crippen molar-refractivity contribution in [2.75, 3.05) is 0 Å². The molecule has 3 heteroatoms. The molecule has 1 aromatic heterocycles. The Morgan fingerprint density at radius 3 is 1.07 bits per heavy atom. The smallest absolute Gasteiger partial charge is 0.245 e. The fourth-order valence-corrected chi connectivity index (χ4v) is 1.57. The van der Waals surface area contributed by atoms with Crippen molar-refractivity contribution in [3.05, 3.63) is 48.5 Å². The van der Waals surface area contributed by atoms with Gasteiger partial charge >= 0.3 is 19.5 Å². The number of hydrogen-bond acceptors (Lipinski definition) is 2. The molecular formula is C12H8N2Ru+2. The van der Waals surface area contributed by atoms with Gasteiger partial charge in [0, 0.05) is 0 Å². The third kappa shape index (κ3) is 1.75. The van der Waals surface area contributed by atoms with Crippen molar-refractivity contribution >= 4 is 22.1 Å². The summed E-state index contributed by atoms with van der Waals surface area (Å²) in [7, 11) is 0. The van der Waals surface area contributed by atoms with E-state index in [0.717, 1.165) is 22.1 Å². The summed E-state index contributed by atoms with van der Waals surface area (Å²) in [5.41, 5.74) is 3.80. The van der Waals surface area contributed by atoms with Crippen molar-refractivity contribution in [1.29, 1.82) is 0 Å². The van der Waals surface area contributed by atoms with Crippen LogP contribution in [0.3, 0.4) is 0 Å². The number of fused-ring (bicyclic) bond motifs is 2. The first-order chi connectivity index (χ1) is 6.93. The Kier molecular flexibility index (Phi) is 2.74. The minimum absolute atomic E-state index is 0. The Balaban J connectivity index is 0.000000853. The normalized spacial score (nSPS) is 10.1.